The van der Waals surface area contributed by atoms with Crippen LogP contribution in [0, 0.1) is 5.92 Å². The second-order valence-electron chi connectivity index (χ2n) is 17.7. The van der Waals surface area contributed by atoms with Gasteiger partial charge in [0.15, 0.2) is 0 Å². The summed E-state index contributed by atoms with van der Waals surface area (Å²) in [5, 5.41) is 5.06. The first-order chi connectivity index (χ1) is 28.4. The van der Waals surface area contributed by atoms with E-state index in [1.54, 1.807) is 0 Å². The summed E-state index contributed by atoms with van der Waals surface area (Å²) in [5.74, 6) is 0.872. The van der Waals surface area contributed by atoms with Crippen LogP contribution in [0.5, 0.6) is 0 Å². The van der Waals surface area contributed by atoms with E-state index in [-0.39, 0.29) is 10.8 Å². The Hall–Kier alpha value is -6.38. The number of nitrogens with zero attached hydrogens (tertiary/aromatic N) is 1. The molecule has 8 aromatic carbocycles. The Balaban J connectivity index is 1.03. The van der Waals surface area contributed by atoms with Crippen LogP contribution in [0.3, 0.4) is 0 Å². The number of furan rings is 1. The zero-order valence-electron chi connectivity index (χ0n) is 33.1. The van der Waals surface area contributed by atoms with Gasteiger partial charge in [-0.3, -0.25) is 0 Å². The summed E-state index contributed by atoms with van der Waals surface area (Å²) in [4.78, 5) is 2.46. The first-order valence-electron chi connectivity index (χ1n) is 21.1. The van der Waals surface area contributed by atoms with E-state index in [9.17, 15) is 0 Å². The molecule has 2 nitrogen and oxygen atoms in total. The molecule has 58 heavy (non-hydrogen) atoms. The Morgan fingerprint density at radius 2 is 1.10 bits per heavy atom. The molecule has 0 saturated heterocycles. The molecule has 2 saturated carbocycles. The maximum absolute atomic E-state index is 6.65. The molecule has 0 unspecified atom stereocenters. The smallest absolute Gasteiger partial charge is 0.135 e. The van der Waals surface area contributed by atoms with Gasteiger partial charge in [-0.05, 0) is 153 Å². The van der Waals surface area contributed by atoms with Crippen molar-refractivity contribution in [2.24, 2.45) is 5.92 Å². The van der Waals surface area contributed by atoms with E-state index in [1.165, 1.54) is 104 Å². The van der Waals surface area contributed by atoms with Crippen LogP contribution in [-0.2, 0) is 10.8 Å². The van der Waals surface area contributed by atoms with Crippen molar-refractivity contribution >= 4 is 49.8 Å². The zero-order valence-corrected chi connectivity index (χ0v) is 33.1. The van der Waals surface area contributed by atoms with Crippen molar-refractivity contribution in [1.82, 2.24) is 0 Å². The number of benzene rings is 8. The third kappa shape index (κ3) is 4.97. The summed E-state index contributed by atoms with van der Waals surface area (Å²) < 4.78 is 6.65. The molecule has 0 amide bonds. The van der Waals surface area contributed by atoms with Crippen molar-refractivity contribution in [2.45, 2.75) is 56.8 Å². The van der Waals surface area contributed by atoms with E-state index < -0.39 is 0 Å². The van der Waals surface area contributed by atoms with Crippen LogP contribution < -0.4 is 4.90 Å². The summed E-state index contributed by atoms with van der Waals surface area (Å²) in [6.07, 6.45) is 6.60. The molecular weight excluding hydrogens is 703 g/mol. The molecule has 2 fully saturated rings. The number of rotatable bonds is 6. The molecule has 0 atom stereocenters. The molecule has 0 aliphatic heterocycles. The fourth-order valence-electron chi connectivity index (χ4n) is 11.5. The minimum atomic E-state index is -0.109. The third-order valence-electron chi connectivity index (χ3n) is 14.3. The van der Waals surface area contributed by atoms with Gasteiger partial charge in [0, 0.05) is 33.2 Å². The highest BCUT2D eigenvalue weighted by atomic mass is 16.3. The zero-order chi connectivity index (χ0) is 38.6. The van der Waals surface area contributed by atoms with Gasteiger partial charge in [0.1, 0.15) is 11.2 Å². The van der Waals surface area contributed by atoms with E-state index in [0.29, 0.717) is 0 Å². The number of hydrogen-bond donors (Lipinski definition) is 0. The maximum atomic E-state index is 6.65. The Morgan fingerprint density at radius 1 is 0.483 bits per heavy atom. The summed E-state index contributed by atoms with van der Waals surface area (Å²) in [6.45, 7) is 4.74. The predicted molar refractivity (Wildman–Crippen MR) is 243 cm³/mol. The lowest BCUT2D eigenvalue weighted by Crippen LogP contribution is -2.19. The van der Waals surface area contributed by atoms with Crippen LogP contribution in [0.25, 0.3) is 66.1 Å². The van der Waals surface area contributed by atoms with Crippen molar-refractivity contribution in [3.63, 3.8) is 0 Å². The average molecular weight is 748 g/mol. The van der Waals surface area contributed by atoms with Crippen LogP contribution in [0.15, 0.2) is 174 Å². The van der Waals surface area contributed by atoms with Gasteiger partial charge < -0.3 is 9.32 Å². The van der Waals surface area contributed by atoms with Gasteiger partial charge in [-0.25, -0.2) is 0 Å². The monoisotopic (exact) mass is 747 g/mol. The minimum absolute atomic E-state index is 0.109. The van der Waals surface area contributed by atoms with Gasteiger partial charge in [0.25, 0.3) is 0 Å². The van der Waals surface area contributed by atoms with Crippen molar-refractivity contribution < 1.29 is 4.42 Å². The largest absolute Gasteiger partial charge is 0.456 e. The van der Waals surface area contributed by atoms with Crippen molar-refractivity contribution in [2.75, 3.05) is 4.90 Å². The lowest BCUT2D eigenvalue weighted by Gasteiger charge is -2.29. The predicted octanol–water partition coefficient (Wildman–Crippen LogP) is 15.7. The van der Waals surface area contributed by atoms with Crippen LogP contribution in [0.4, 0.5) is 17.1 Å². The fourth-order valence-corrected chi connectivity index (χ4v) is 11.5. The molecule has 0 radical (unpaired) electrons. The molecule has 1 aromatic heterocycles. The first kappa shape index (κ1) is 33.7. The highest BCUT2D eigenvalue weighted by Gasteiger charge is 2.47. The lowest BCUT2D eigenvalue weighted by molar-refractivity contribution is 0.421. The van der Waals surface area contributed by atoms with E-state index >= 15 is 0 Å². The van der Waals surface area contributed by atoms with Gasteiger partial charge in [0.2, 0.25) is 0 Å². The van der Waals surface area contributed by atoms with Crippen molar-refractivity contribution in [1.29, 1.82) is 0 Å². The molecule has 1 heterocycles. The number of fused-ring (bicyclic) bond motifs is 9. The summed E-state index contributed by atoms with van der Waals surface area (Å²) in [5.41, 5.74) is 17.4. The summed E-state index contributed by atoms with van der Waals surface area (Å²) in [6, 6.07) is 63.0. The van der Waals surface area contributed by atoms with E-state index in [1.807, 2.05) is 0 Å². The van der Waals surface area contributed by atoms with Crippen LogP contribution in [-0.4, -0.2) is 0 Å². The molecule has 280 valence electrons. The molecule has 0 N–H and O–H groups in total. The Kier molecular flexibility index (Phi) is 7.30. The molecular formula is C56H45NO. The molecule has 9 aromatic rings. The highest BCUT2D eigenvalue weighted by molar-refractivity contribution is 6.09. The summed E-state index contributed by atoms with van der Waals surface area (Å²) >= 11 is 0. The summed E-state index contributed by atoms with van der Waals surface area (Å²) in [7, 11) is 0. The molecule has 2 bridgehead atoms. The number of hydrogen-bond acceptors (Lipinski definition) is 2. The van der Waals surface area contributed by atoms with E-state index in [0.717, 1.165) is 34.1 Å². The molecule has 12 rings (SSSR count). The van der Waals surface area contributed by atoms with Gasteiger partial charge in [-0.1, -0.05) is 135 Å². The molecule has 0 spiro atoms. The van der Waals surface area contributed by atoms with Gasteiger partial charge >= 0.3 is 0 Å². The molecule has 2 heteroatoms. The SMILES string of the molecule is CC1(C)c2ccccc2-c2ccc(N(c3ccc(-c4cccc5cccc(-c6ccccc6)c45)cc3)c3ccc4oc5cccc(C67CCC(CC6)C7)c5c4c3)cc21. The minimum Gasteiger partial charge on any atom is -0.456 e. The molecule has 3 aliphatic carbocycles. The Bertz CT molecular complexity index is 3060. The van der Waals surface area contributed by atoms with Crippen molar-refractivity contribution in [3.05, 3.63) is 187 Å². The van der Waals surface area contributed by atoms with Crippen LogP contribution in [0.2, 0.25) is 0 Å². The molecule has 3 aliphatic rings. The topological polar surface area (TPSA) is 16.4 Å². The third-order valence-corrected chi connectivity index (χ3v) is 14.3. The van der Waals surface area contributed by atoms with Gasteiger partial charge in [0.05, 0.1) is 0 Å². The normalized spacial score (nSPS) is 18.9. The first-order valence-corrected chi connectivity index (χ1v) is 21.1. The van der Waals surface area contributed by atoms with Crippen LogP contribution >= 0.6 is 0 Å². The number of anilines is 3. The van der Waals surface area contributed by atoms with E-state index in [4.69, 9.17) is 4.42 Å². The Labute approximate surface area is 340 Å². The van der Waals surface area contributed by atoms with Crippen LogP contribution in [0.1, 0.15) is 62.6 Å². The van der Waals surface area contributed by atoms with Gasteiger partial charge in [-0.2, -0.15) is 0 Å². The maximum Gasteiger partial charge on any atom is 0.135 e. The van der Waals surface area contributed by atoms with E-state index in [2.05, 4.69) is 189 Å². The lowest BCUT2D eigenvalue weighted by atomic mass is 9.76. The fraction of sp³-hybridized carbons (Fsp3) is 0.179. The standard InChI is InChI=1S/C56H45NO/c1-55(2)48-18-7-6-15-45(48)46-27-25-42(34-50(46)55)57(41-26-28-51-47(33-41)54-49(19-10-20-52(54)58-51)56-31-29-36(35-56)30-32-56)40-23-21-38(22-24-40)44-17-9-14-39-13-8-16-43(53(39)44)37-11-4-3-5-12-37/h3-28,33-34,36H,29-32,35H2,1-2H3. The van der Waals surface area contributed by atoms with Gasteiger partial charge in [-0.15, -0.1) is 0 Å². The average Bonchev–Trinajstić information content (AvgIpc) is 4.05. The Morgan fingerprint density at radius 3 is 1.86 bits per heavy atom. The second-order valence-corrected chi connectivity index (χ2v) is 17.7. The van der Waals surface area contributed by atoms with Crippen molar-refractivity contribution in [3.8, 4) is 33.4 Å². The highest BCUT2D eigenvalue weighted by Crippen LogP contribution is 2.58. The quantitative estimate of drug-likeness (QED) is 0.168. The second kappa shape index (κ2) is 12.6.